The van der Waals surface area contributed by atoms with Gasteiger partial charge in [-0.1, -0.05) is 12.1 Å². The van der Waals surface area contributed by atoms with Gasteiger partial charge < -0.3 is 20.2 Å². The van der Waals surface area contributed by atoms with Crippen LogP contribution < -0.4 is 10.6 Å². The van der Waals surface area contributed by atoms with E-state index in [4.69, 9.17) is 9.68 Å². The van der Waals surface area contributed by atoms with E-state index in [1.54, 1.807) is 30.3 Å². The number of urea groups is 1. The second kappa shape index (κ2) is 8.18. The van der Waals surface area contributed by atoms with Gasteiger partial charge in [0.1, 0.15) is 11.9 Å². The number of nitriles is 1. The minimum Gasteiger partial charge on any atom is -0.467 e. The molecule has 1 aromatic carbocycles. The molecule has 0 radical (unpaired) electrons. The number of rotatable bonds is 6. The Kier molecular flexibility index (Phi) is 5.99. The van der Waals surface area contributed by atoms with Gasteiger partial charge in [-0.05, 0) is 43.7 Å². The normalized spacial score (nSPS) is 14.2. The molecule has 1 heterocycles. The minimum atomic E-state index is -0.764. The van der Waals surface area contributed by atoms with Gasteiger partial charge in [-0.2, -0.15) is 5.26 Å². The molecule has 3 atom stereocenters. The van der Waals surface area contributed by atoms with Crippen molar-refractivity contribution in [1.29, 1.82) is 5.26 Å². The second-order valence-electron chi connectivity index (χ2n) is 5.74. The van der Waals surface area contributed by atoms with Gasteiger partial charge in [0, 0.05) is 12.5 Å². The summed E-state index contributed by atoms with van der Waals surface area (Å²) in [6.07, 6.45) is 1.08. The lowest BCUT2D eigenvalue weighted by Gasteiger charge is -2.20. The Morgan fingerprint density at radius 1 is 1.29 bits per heavy atom. The number of aliphatic hydroxyl groups is 1. The molecule has 2 aromatic rings. The van der Waals surface area contributed by atoms with Gasteiger partial charge in [0.25, 0.3) is 0 Å². The van der Waals surface area contributed by atoms with Crippen LogP contribution in [-0.2, 0) is 0 Å². The predicted octanol–water partition coefficient (Wildman–Crippen LogP) is 3.02. The molecule has 126 valence electrons. The van der Waals surface area contributed by atoms with Crippen LogP contribution in [0.2, 0.25) is 0 Å². The minimum absolute atomic E-state index is 0.234. The summed E-state index contributed by atoms with van der Waals surface area (Å²) in [5.41, 5.74) is 1.41. The number of aliphatic hydroxyl groups excluding tert-OH is 1. The van der Waals surface area contributed by atoms with E-state index in [-0.39, 0.29) is 18.1 Å². The first-order chi connectivity index (χ1) is 11.5. The highest BCUT2D eigenvalue weighted by Crippen LogP contribution is 2.18. The van der Waals surface area contributed by atoms with Crippen LogP contribution in [0.1, 0.15) is 49.3 Å². The number of hydrogen-bond donors (Lipinski definition) is 3. The highest BCUT2D eigenvalue weighted by Gasteiger charge is 2.17. The monoisotopic (exact) mass is 327 g/mol. The summed E-state index contributed by atoms with van der Waals surface area (Å²) in [6, 6.07) is 11.8. The molecule has 6 nitrogen and oxygen atoms in total. The smallest absolute Gasteiger partial charge is 0.315 e. The van der Waals surface area contributed by atoms with Crippen LogP contribution in [0.5, 0.6) is 0 Å². The van der Waals surface area contributed by atoms with E-state index in [0.29, 0.717) is 17.7 Å². The standard InChI is InChI=1S/C18H21N3O3/c1-12(9-16(22)17-7-4-8-24-17)20-18(23)21-13(2)15-6-3-5-14(10-15)11-19/h3-8,10,12-13,16,22H,9H2,1-2H3,(H2,20,21,23)/t12-,13+,16-/m1/s1. The van der Waals surface area contributed by atoms with Crippen molar-refractivity contribution >= 4 is 6.03 Å². The molecule has 0 aliphatic rings. The zero-order chi connectivity index (χ0) is 17.5. The van der Waals surface area contributed by atoms with Crippen LogP contribution in [0, 0.1) is 11.3 Å². The van der Waals surface area contributed by atoms with E-state index in [1.807, 2.05) is 19.9 Å². The molecule has 6 heteroatoms. The molecule has 24 heavy (non-hydrogen) atoms. The lowest BCUT2D eigenvalue weighted by atomic mass is 10.1. The first-order valence-corrected chi connectivity index (χ1v) is 7.78. The summed E-state index contributed by atoms with van der Waals surface area (Å²) in [4.78, 5) is 12.1. The maximum atomic E-state index is 12.1. The topological polar surface area (TPSA) is 98.3 Å². The summed E-state index contributed by atoms with van der Waals surface area (Å²) in [5, 5.41) is 24.5. The number of carbonyl (C=O) groups is 1. The summed E-state index contributed by atoms with van der Waals surface area (Å²) < 4.78 is 5.14. The molecule has 2 amide bonds. The molecule has 0 unspecified atom stereocenters. The number of nitrogens with zero attached hydrogens (tertiary/aromatic N) is 1. The molecule has 0 saturated heterocycles. The molecule has 0 spiro atoms. The third-order valence-corrected chi connectivity index (χ3v) is 3.69. The predicted molar refractivity (Wildman–Crippen MR) is 89.0 cm³/mol. The molecule has 1 aromatic heterocycles. The summed E-state index contributed by atoms with van der Waals surface area (Å²) >= 11 is 0. The fourth-order valence-corrected chi connectivity index (χ4v) is 2.41. The molecule has 0 fully saturated rings. The molecular weight excluding hydrogens is 306 g/mol. The number of carbonyl (C=O) groups excluding carboxylic acids is 1. The molecule has 0 aliphatic heterocycles. The summed E-state index contributed by atoms with van der Waals surface area (Å²) in [5.74, 6) is 0.478. The van der Waals surface area contributed by atoms with Crippen molar-refractivity contribution in [3.05, 3.63) is 59.5 Å². The van der Waals surface area contributed by atoms with Gasteiger partial charge in [-0.15, -0.1) is 0 Å². The summed E-state index contributed by atoms with van der Waals surface area (Å²) in [6.45, 7) is 3.66. The number of benzene rings is 1. The SMILES string of the molecule is C[C@H](C[C@@H](O)c1ccco1)NC(=O)N[C@@H](C)c1cccc(C#N)c1. The molecule has 0 bridgehead atoms. The van der Waals surface area contributed by atoms with Crippen LogP contribution in [-0.4, -0.2) is 17.2 Å². The number of amides is 2. The van der Waals surface area contributed by atoms with E-state index in [9.17, 15) is 9.90 Å². The van der Waals surface area contributed by atoms with Crippen LogP contribution in [0.15, 0.2) is 47.1 Å². The Morgan fingerprint density at radius 3 is 2.75 bits per heavy atom. The van der Waals surface area contributed by atoms with Crippen molar-refractivity contribution in [3.8, 4) is 6.07 Å². The summed E-state index contributed by atoms with van der Waals surface area (Å²) in [7, 11) is 0. The number of hydrogen-bond acceptors (Lipinski definition) is 4. The van der Waals surface area contributed by atoms with Crippen molar-refractivity contribution in [2.24, 2.45) is 0 Å². The maximum absolute atomic E-state index is 12.1. The number of nitrogens with one attached hydrogen (secondary N) is 2. The van der Waals surface area contributed by atoms with E-state index in [1.165, 1.54) is 6.26 Å². The fourth-order valence-electron chi connectivity index (χ4n) is 2.41. The van der Waals surface area contributed by atoms with Crippen LogP contribution in [0.25, 0.3) is 0 Å². The molecule has 3 N–H and O–H groups in total. The van der Waals surface area contributed by atoms with Crippen LogP contribution in [0.4, 0.5) is 4.79 Å². The third-order valence-electron chi connectivity index (χ3n) is 3.69. The second-order valence-corrected chi connectivity index (χ2v) is 5.74. The third kappa shape index (κ3) is 4.86. The highest BCUT2D eigenvalue weighted by molar-refractivity contribution is 5.74. The van der Waals surface area contributed by atoms with Crippen molar-refractivity contribution in [2.45, 2.75) is 38.5 Å². The lowest BCUT2D eigenvalue weighted by Crippen LogP contribution is -2.42. The maximum Gasteiger partial charge on any atom is 0.315 e. The average molecular weight is 327 g/mol. The zero-order valence-electron chi connectivity index (χ0n) is 13.7. The number of furan rings is 1. The lowest BCUT2D eigenvalue weighted by molar-refractivity contribution is 0.129. The molecule has 2 rings (SSSR count). The first-order valence-electron chi connectivity index (χ1n) is 7.78. The fraction of sp³-hybridized carbons (Fsp3) is 0.333. The van der Waals surface area contributed by atoms with E-state index in [2.05, 4.69) is 16.7 Å². The largest absolute Gasteiger partial charge is 0.467 e. The Hall–Kier alpha value is -2.78. The highest BCUT2D eigenvalue weighted by atomic mass is 16.4. The quantitative estimate of drug-likeness (QED) is 0.759. The van der Waals surface area contributed by atoms with Gasteiger partial charge in [0.05, 0.1) is 23.9 Å². The van der Waals surface area contributed by atoms with Crippen molar-refractivity contribution in [3.63, 3.8) is 0 Å². The van der Waals surface area contributed by atoms with Crippen molar-refractivity contribution in [1.82, 2.24) is 10.6 Å². The molecular formula is C18H21N3O3. The van der Waals surface area contributed by atoms with Gasteiger partial charge in [-0.3, -0.25) is 0 Å². The Balaban J connectivity index is 1.84. The van der Waals surface area contributed by atoms with E-state index >= 15 is 0 Å². The zero-order valence-corrected chi connectivity index (χ0v) is 13.7. The van der Waals surface area contributed by atoms with Gasteiger partial charge in [-0.25, -0.2) is 4.79 Å². The molecule has 0 aliphatic carbocycles. The van der Waals surface area contributed by atoms with Crippen molar-refractivity contribution < 1.29 is 14.3 Å². The Bertz CT molecular complexity index is 707. The average Bonchev–Trinajstić information content (AvgIpc) is 3.09. The van der Waals surface area contributed by atoms with Crippen LogP contribution >= 0.6 is 0 Å². The Labute approximate surface area is 141 Å². The Morgan fingerprint density at radius 2 is 2.08 bits per heavy atom. The van der Waals surface area contributed by atoms with Crippen molar-refractivity contribution in [2.75, 3.05) is 0 Å². The van der Waals surface area contributed by atoms with E-state index in [0.717, 1.165) is 5.56 Å². The first kappa shape index (κ1) is 17.6. The van der Waals surface area contributed by atoms with Gasteiger partial charge >= 0.3 is 6.03 Å². The van der Waals surface area contributed by atoms with Crippen LogP contribution in [0.3, 0.4) is 0 Å². The molecule has 0 saturated carbocycles. The van der Waals surface area contributed by atoms with Gasteiger partial charge in [0.2, 0.25) is 0 Å². The van der Waals surface area contributed by atoms with Gasteiger partial charge in [0.15, 0.2) is 0 Å². The van der Waals surface area contributed by atoms with E-state index < -0.39 is 6.10 Å².